The molecule has 2 saturated heterocycles. The number of nitrogens with zero attached hydrogens (tertiary/aromatic N) is 1. The number of rotatable bonds is 6. The Hall–Kier alpha value is -1.30. The van der Waals surface area contributed by atoms with Gasteiger partial charge in [-0.1, -0.05) is 6.07 Å². The maximum Gasteiger partial charge on any atom is 0.123 e. The highest BCUT2D eigenvalue weighted by Crippen LogP contribution is 2.35. The number of benzene rings is 1. The lowest BCUT2D eigenvalue weighted by molar-refractivity contribution is -0.123. The third-order valence-electron chi connectivity index (χ3n) is 5.42. The van der Waals surface area contributed by atoms with Crippen molar-refractivity contribution < 1.29 is 19.3 Å². The van der Waals surface area contributed by atoms with Crippen molar-refractivity contribution in [3.05, 3.63) is 24.3 Å². The fraction of sp³-hybridized carbons (Fsp3) is 0.684. The number of hydrogen-bond donors (Lipinski definition) is 1. The summed E-state index contributed by atoms with van der Waals surface area (Å²) < 4.78 is 16.8. The fourth-order valence-corrected chi connectivity index (χ4v) is 3.94. The van der Waals surface area contributed by atoms with Gasteiger partial charge in [-0.2, -0.15) is 0 Å². The Morgan fingerprint density at radius 2 is 2.21 bits per heavy atom. The zero-order chi connectivity index (χ0) is 17.0. The van der Waals surface area contributed by atoms with Crippen molar-refractivity contribution >= 4 is 0 Å². The smallest absolute Gasteiger partial charge is 0.123 e. The molecule has 1 aromatic rings. The van der Waals surface area contributed by atoms with E-state index in [0.29, 0.717) is 25.9 Å². The molecule has 24 heavy (non-hydrogen) atoms. The van der Waals surface area contributed by atoms with Crippen molar-refractivity contribution in [1.29, 1.82) is 0 Å². The van der Waals surface area contributed by atoms with E-state index < -0.39 is 5.60 Å². The summed E-state index contributed by atoms with van der Waals surface area (Å²) >= 11 is 0. The standard InChI is InChI=1S/C19H29NO4/c1-19(21)8-11-23-14-17(19)18-7-4-9-20(18)10-12-24-16-6-3-5-15(13-16)22-2/h3,5-6,13,17-18,21H,4,7-12,14H2,1-2H3/t17-,18+,19-/m0/s1. The van der Waals surface area contributed by atoms with Gasteiger partial charge in [0.15, 0.2) is 0 Å². The molecule has 0 bridgehead atoms. The molecule has 0 spiro atoms. The van der Waals surface area contributed by atoms with E-state index in [0.717, 1.165) is 37.4 Å². The first-order valence-corrected chi connectivity index (χ1v) is 8.91. The molecule has 2 aliphatic rings. The first kappa shape index (κ1) is 17.5. The zero-order valence-corrected chi connectivity index (χ0v) is 14.7. The Morgan fingerprint density at radius 3 is 3.00 bits per heavy atom. The molecule has 2 aliphatic heterocycles. The van der Waals surface area contributed by atoms with Gasteiger partial charge < -0.3 is 19.3 Å². The van der Waals surface area contributed by atoms with Crippen LogP contribution in [-0.2, 0) is 4.74 Å². The minimum absolute atomic E-state index is 0.186. The average Bonchev–Trinajstić information content (AvgIpc) is 3.03. The molecule has 0 unspecified atom stereocenters. The van der Waals surface area contributed by atoms with E-state index in [9.17, 15) is 5.11 Å². The molecule has 5 heteroatoms. The summed E-state index contributed by atoms with van der Waals surface area (Å²) in [6.07, 6.45) is 3.03. The van der Waals surface area contributed by atoms with Gasteiger partial charge in [-0.25, -0.2) is 0 Å². The lowest BCUT2D eigenvalue weighted by Gasteiger charge is -2.43. The number of methoxy groups -OCH3 is 1. The van der Waals surface area contributed by atoms with Crippen molar-refractivity contribution in [1.82, 2.24) is 4.90 Å². The van der Waals surface area contributed by atoms with Crippen LogP contribution in [0.5, 0.6) is 11.5 Å². The molecule has 3 atom stereocenters. The van der Waals surface area contributed by atoms with Crippen LogP contribution in [0.25, 0.3) is 0 Å². The average molecular weight is 335 g/mol. The number of aliphatic hydroxyl groups is 1. The van der Waals surface area contributed by atoms with Crippen LogP contribution < -0.4 is 9.47 Å². The van der Waals surface area contributed by atoms with E-state index in [2.05, 4.69) is 4.90 Å². The highest BCUT2D eigenvalue weighted by atomic mass is 16.5. The van der Waals surface area contributed by atoms with E-state index in [1.165, 1.54) is 6.42 Å². The maximum absolute atomic E-state index is 10.7. The first-order chi connectivity index (χ1) is 11.6. The quantitative estimate of drug-likeness (QED) is 0.865. The van der Waals surface area contributed by atoms with Crippen molar-refractivity contribution in [3.8, 4) is 11.5 Å². The molecular weight excluding hydrogens is 306 g/mol. The van der Waals surface area contributed by atoms with Crippen LogP contribution in [0, 0.1) is 5.92 Å². The van der Waals surface area contributed by atoms with Crippen LogP contribution in [0.3, 0.4) is 0 Å². The van der Waals surface area contributed by atoms with Crippen LogP contribution in [-0.4, -0.2) is 61.7 Å². The summed E-state index contributed by atoms with van der Waals surface area (Å²) in [6, 6.07) is 8.08. The van der Waals surface area contributed by atoms with Gasteiger partial charge in [-0.3, -0.25) is 4.90 Å². The number of ether oxygens (including phenoxy) is 3. The van der Waals surface area contributed by atoms with Crippen molar-refractivity contribution in [2.45, 2.75) is 37.8 Å². The molecule has 2 fully saturated rings. The molecule has 0 radical (unpaired) electrons. The molecule has 3 rings (SSSR count). The van der Waals surface area contributed by atoms with Gasteiger partial charge in [-0.05, 0) is 44.9 Å². The molecule has 1 N–H and O–H groups in total. The van der Waals surface area contributed by atoms with E-state index in [4.69, 9.17) is 14.2 Å². The minimum atomic E-state index is -0.626. The molecule has 5 nitrogen and oxygen atoms in total. The molecule has 1 aromatic carbocycles. The largest absolute Gasteiger partial charge is 0.497 e. The van der Waals surface area contributed by atoms with Gasteiger partial charge >= 0.3 is 0 Å². The van der Waals surface area contributed by atoms with Gasteiger partial charge in [0.25, 0.3) is 0 Å². The Kier molecular flexibility index (Phi) is 5.64. The van der Waals surface area contributed by atoms with E-state index in [1.807, 2.05) is 31.2 Å². The Balaban J connectivity index is 1.54. The SMILES string of the molecule is COc1cccc(OCCN2CCC[C@@H]2[C@@H]2COCC[C@]2(C)O)c1. The third kappa shape index (κ3) is 4.02. The zero-order valence-electron chi connectivity index (χ0n) is 14.7. The van der Waals surface area contributed by atoms with Crippen molar-refractivity contribution in [3.63, 3.8) is 0 Å². The van der Waals surface area contributed by atoms with Crippen molar-refractivity contribution in [2.24, 2.45) is 5.92 Å². The number of likely N-dealkylation sites (tertiary alicyclic amines) is 1. The van der Waals surface area contributed by atoms with Crippen molar-refractivity contribution in [2.75, 3.05) is 40.0 Å². The summed E-state index contributed by atoms with van der Waals surface area (Å²) in [7, 11) is 1.66. The normalized spacial score (nSPS) is 31.1. The molecule has 0 saturated carbocycles. The summed E-state index contributed by atoms with van der Waals surface area (Å²) in [5, 5.41) is 10.7. The lowest BCUT2D eigenvalue weighted by atomic mass is 9.79. The lowest BCUT2D eigenvalue weighted by Crippen LogP contribution is -2.53. The highest BCUT2D eigenvalue weighted by Gasteiger charge is 2.43. The van der Waals surface area contributed by atoms with E-state index in [-0.39, 0.29) is 5.92 Å². The van der Waals surface area contributed by atoms with Crippen LogP contribution in [0.1, 0.15) is 26.2 Å². The number of hydrogen-bond acceptors (Lipinski definition) is 5. The maximum atomic E-state index is 10.7. The van der Waals surface area contributed by atoms with Crippen LogP contribution in [0.2, 0.25) is 0 Å². The summed E-state index contributed by atoms with van der Waals surface area (Å²) in [4.78, 5) is 2.45. The van der Waals surface area contributed by atoms with Gasteiger partial charge in [0.1, 0.15) is 18.1 Å². The molecular formula is C19H29NO4. The molecule has 0 aliphatic carbocycles. The van der Waals surface area contributed by atoms with Crippen LogP contribution in [0.15, 0.2) is 24.3 Å². The van der Waals surface area contributed by atoms with Gasteiger partial charge in [-0.15, -0.1) is 0 Å². The molecule has 134 valence electrons. The first-order valence-electron chi connectivity index (χ1n) is 8.91. The van der Waals surface area contributed by atoms with Gasteiger partial charge in [0, 0.05) is 31.2 Å². The second-order valence-electron chi connectivity index (χ2n) is 7.06. The van der Waals surface area contributed by atoms with E-state index >= 15 is 0 Å². The van der Waals surface area contributed by atoms with E-state index in [1.54, 1.807) is 7.11 Å². The third-order valence-corrected chi connectivity index (χ3v) is 5.42. The van der Waals surface area contributed by atoms with Gasteiger partial charge in [0.2, 0.25) is 0 Å². The van der Waals surface area contributed by atoms with Crippen LogP contribution in [0.4, 0.5) is 0 Å². The second kappa shape index (κ2) is 7.72. The Labute approximate surface area is 144 Å². The van der Waals surface area contributed by atoms with Gasteiger partial charge in [0.05, 0.1) is 19.3 Å². The molecule has 2 heterocycles. The molecule has 0 aromatic heterocycles. The monoisotopic (exact) mass is 335 g/mol. The predicted octanol–water partition coefficient (Wildman–Crippen LogP) is 2.33. The Bertz CT molecular complexity index is 534. The predicted molar refractivity (Wildman–Crippen MR) is 92.6 cm³/mol. The minimum Gasteiger partial charge on any atom is -0.497 e. The second-order valence-corrected chi connectivity index (χ2v) is 7.06. The van der Waals surface area contributed by atoms with Crippen LogP contribution >= 0.6 is 0 Å². The summed E-state index contributed by atoms with van der Waals surface area (Å²) in [5.41, 5.74) is -0.626. The summed E-state index contributed by atoms with van der Waals surface area (Å²) in [5.74, 6) is 1.82. The Morgan fingerprint density at radius 1 is 1.38 bits per heavy atom. The highest BCUT2D eigenvalue weighted by molar-refractivity contribution is 5.32. The molecule has 0 amide bonds. The topological polar surface area (TPSA) is 51.2 Å². The fourth-order valence-electron chi connectivity index (χ4n) is 3.94. The summed E-state index contributed by atoms with van der Waals surface area (Å²) in [6.45, 7) is 5.86.